The molecule has 0 radical (unpaired) electrons. The van der Waals surface area contributed by atoms with Crippen LogP contribution in [-0.2, 0) is 10.3 Å². The first-order valence-corrected chi connectivity index (χ1v) is 4.74. The Morgan fingerprint density at radius 1 is 1.53 bits per heavy atom. The highest BCUT2D eigenvalue weighted by Gasteiger charge is 2.28. The standard InChI is InChI=1S/C9H17N3O3/c1-6(2)14-5-9(3,10)7-11-8(13-4)15-12-7/h6H,5,10H2,1-4H3. The third-order valence-electron chi connectivity index (χ3n) is 1.81. The lowest BCUT2D eigenvalue weighted by Gasteiger charge is -2.21. The highest BCUT2D eigenvalue weighted by Crippen LogP contribution is 2.17. The van der Waals surface area contributed by atoms with Gasteiger partial charge in [0.05, 0.1) is 19.8 Å². The van der Waals surface area contributed by atoms with Crippen molar-refractivity contribution in [3.8, 4) is 6.08 Å². The second kappa shape index (κ2) is 4.59. The lowest BCUT2D eigenvalue weighted by Crippen LogP contribution is -2.40. The van der Waals surface area contributed by atoms with E-state index in [1.165, 1.54) is 7.11 Å². The van der Waals surface area contributed by atoms with Crippen LogP contribution in [0.25, 0.3) is 0 Å². The topological polar surface area (TPSA) is 83.4 Å². The van der Waals surface area contributed by atoms with Crippen LogP contribution in [0, 0.1) is 0 Å². The van der Waals surface area contributed by atoms with E-state index in [1.54, 1.807) is 6.92 Å². The molecule has 1 atom stereocenters. The van der Waals surface area contributed by atoms with Gasteiger partial charge >= 0.3 is 6.08 Å². The minimum Gasteiger partial charge on any atom is -0.452 e. The average molecular weight is 215 g/mol. The molecular formula is C9H17N3O3. The third-order valence-corrected chi connectivity index (χ3v) is 1.81. The van der Waals surface area contributed by atoms with E-state index in [2.05, 4.69) is 10.1 Å². The molecule has 0 saturated heterocycles. The van der Waals surface area contributed by atoms with Gasteiger partial charge in [0.25, 0.3) is 0 Å². The monoisotopic (exact) mass is 215 g/mol. The van der Waals surface area contributed by atoms with E-state index in [9.17, 15) is 0 Å². The fourth-order valence-corrected chi connectivity index (χ4v) is 0.929. The summed E-state index contributed by atoms with van der Waals surface area (Å²) in [5.41, 5.74) is 5.22. The number of nitrogens with zero attached hydrogens (tertiary/aromatic N) is 2. The molecule has 0 aliphatic rings. The van der Waals surface area contributed by atoms with E-state index in [-0.39, 0.29) is 12.2 Å². The maximum Gasteiger partial charge on any atom is 0.417 e. The fraction of sp³-hybridized carbons (Fsp3) is 0.778. The highest BCUT2D eigenvalue weighted by atomic mass is 16.6. The minimum atomic E-state index is -0.773. The number of ether oxygens (including phenoxy) is 2. The van der Waals surface area contributed by atoms with Gasteiger partial charge in [-0.15, -0.1) is 0 Å². The Bertz CT molecular complexity index is 309. The Labute approximate surface area is 88.7 Å². The molecule has 86 valence electrons. The molecule has 1 unspecified atom stereocenters. The molecule has 6 heteroatoms. The second-order valence-corrected chi connectivity index (χ2v) is 3.87. The van der Waals surface area contributed by atoms with Crippen LogP contribution in [0.2, 0.25) is 0 Å². The lowest BCUT2D eigenvalue weighted by molar-refractivity contribution is 0.0410. The molecule has 1 rings (SSSR count). The van der Waals surface area contributed by atoms with Gasteiger partial charge in [0.2, 0.25) is 0 Å². The Balaban J connectivity index is 2.67. The molecule has 0 spiro atoms. The zero-order chi connectivity index (χ0) is 11.5. The number of hydrogen-bond acceptors (Lipinski definition) is 6. The summed E-state index contributed by atoms with van der Waals surface area (Å²) in [4.78, 5) is 3.97. The summed E-state index contributed by atoms with van der Waals surface area (Å²) in [5.74, 6) is 0.375. The van der Waals surface area contributed by atoms with Crippen molar-refractivity contribution in [1.82, 2.24) is 10.1 Å². The summed E-state index contributed by atoms with van der Waals surface area (Å²) in [6, 6.07) is 0. The van der Waals surface area contributed by atoms with Gasteiger partial charge in [0.15, 0.2) is 5.82 Å². The second-order valence-electron chi connectivity index (χ2n) is 3.87. The third kappa shape index (κ3) is 3.17. The Morgan fingerprint density at radius 3 is 2.67 bits per heavy atom. The van der Waals surface area contributed by atoms with Crippen LogP contribution in [0.3, 0.4) is 0 Å². The zero-order valence-corrected chi connectivity index (χ0v) is 9.48. The molecule has 0 saturated carbocycles. The van der Waals surface area contributed by atoms with Crippen LogP contribution in [0.4, 0.5) is 0 Å². The van der Waals surface area contributed by atoms with Gasteiger partial charge in [0.1, 0.15) is 5.54 Å². The molecule has 0 amide bonds. The quantitative estimate of drug-likeness (QED) is 0.777. The van der Waals surface area contributed by atoms with Crippen LogP contribution in [0.5, 0.6) is 6.08 Å². The molecule has 6 nitrogen and oxygen atoms in total. The van der Waals surface area contributed by atoms with Crippen LogP contribution in [-0.4, -0.2) is 30.0 Å². The van der Waals surface area contributed by atoms with E-state index in [0.29, 0.717) is 12.4 Å². The number of methoxy groups -OCH3 is 1. The van der Waals surface area contributed by atoms with Crippen LogP contribution < -0.4 is 10.5 Å². The summed E-state index contributed by atoms with van der Waals surface area (Å²) >= 11 is 0. The maximum absolute atomic E-state index is 5.99. The first-order chi connectivity index (χ1) is 6.95. The van der Waals surface area contributed by atoms with Crippen molar-refractivity contribution in [2.45, 2.75) is 32.4 Å². The number of nitrogens with two attached hydrogens (primary N) is 1. The largest absolute Gasteiger partial charge is 0.452 e. The lowest BCUT2D eigenvalue weighted by atomic mass is 10.1. The summed E-state index contributed by atoms with van der Waals surface area (Å²) in [5, 5.41) is 3.72. The molecule has 0 fully saturated rings. The molecule has 1 aromatic rings. The fourth-order valence-electron chi connectivity index (χ4n) is 0.929. The molecule has 0 aliphatic heterocycles. The molecule has 0 aliphatic carbocycles. The van der Waals surface area contributed by atoms with Gasteiger partial charge in [-0.3, -0.25) is 4.52 Å². The first-order valence-electron chi connectivity index (χ1n) is 4.74. The molecule has 15 heavy (non-hydrogen) atoms. The van der Waals surface area contributed by atoms with E-state index >= 15 is 0 Å². The van der Waals surface area contributed by atoms with Gasteiger partial charge in [-0.1, -0.05) is 5.16 Å². The predicted molar refractivity (Wildman–Crippen MR) is 53.5 cm³/mol. The van der Waals surface area contributed by atoms with E-state index in [4.69, 9.17) is 19.7 Å². The molecule has 1 heterocycles. The SMILES string of the molecule is COc1nc(C(C)(N)COC(C)C)no1. The molecule has 2 N–H and O–H groups in total. The minimum absolute atomic E-state index is 0.103. The van der Waals surface area contributed by atoms with Crippen LogP contribution >= 0.6 is 0 Å². The molecule has 0 aromatic carbocycles. The Hall–Kier alpha value is -1.14. The van der Waals surface area contributed by atoms with Crippen LogP contribution in [0.15, 0.2) is 4.52 Å². The van der Waals surface area contributed by atoms with Gasteiger partial charge in [-0.25, -0.2) is 0 Å². The normalized spacial score (nSPS) is 15.3. The van der Waals surface area contributed by atoms with Crippen molar-refractivity contribution < 1.29 is 14.0 Å². The predicted octanol–water partition coefficient (Wildman–Crippen LogP) is 0.677. The summed E-state index contributed by atoms with van der Waals surface area (Å²) in [7, 11) is 1.45. The Kier molecular flexibility index (Phi) is 3.65. The van der Waals surface area contributed by atoms with Gasteiger partial charge in [-0.2, -0.15) is 4.98 Å². The van der Waals surface area contributed by atoms with Crippen molar-refractivity contribution in [3.05, 3.63) is 5.82 Å². The number of hydrogen-bond donors (Lipinski definition) is 1. The average Bonchev–Trinajstić information content (AvgIpc) is 2.63. The van der Waals surface area contributed by atoms with E-state index in [1.807, 2.05) is 13.8 Å². The van der Waals surface area contributed by atoms with Gasteiger partial charge < -0.3 is 15.2 Å². The number of aromatic nitrogens is 2. The van der Waals surface area contributed by atoms with Gasteiger partial charge in [0, 0.05) is 0 Å². The van der Waals surface area contributed by atoms with Crippen molar-refractivity contribution in [3.63, 3.8) is 0 Å². The van der Waals surface area contributed by atoms with Crippen molar-refractivity contribution in [1.29, 1.82) is 0 Å². The molecule has 1 aromatic heterocycles. The highest BCUT2D eigenvalue weighted by molar-refractivity contribution is 5.03. The summed E-state index contributed by atoms with van der Waals surface area (Å²) in [6.07, 6.45) is 0.216. The zero-order valence-electron chi connectivity index (χ0n) is 9.48. The van der Waals surface area contributed by atoms with Crippen molar-refractivity contribution >= 4 is 0 Å². The maximum atomic E-state index is 5.99. The van der Waals surface area contributed by atoms with Gasteiger partial charge in [-0.05, 0) is 20.8 Å². The molecule has 0 bridgehead atoms. The van der Waals surface area contributed by atoms with E-state index in [0.717, 1.165) is 0 Å². The first kappa shape index (κ1) is 11.9. The Morgan fingerprint density at radius 2 is 2.20 bits per heavy atom. The van der Waals surface area contributed by atoms with Crippen LogP contribution in [0.1, 0.15) is 26.6 Å². The smallest absolute Gasteiger partial charge is 0.417 e. The van der Waals surface area contributed by atoms with Crippen molar-refractivity contribution in [2.24, 2.45) is 5.73 Å². The summed E-state index contributed by atoms with van der Waals surface area (Å²) in [6.45, 7) is 5.98. The molecular weight excluding hydrogens is 198 g/mol. The van der Waals surface area contributed by atoms with E-state index < -0.39 is 5.54 Å². The van der Waals surface area contributed by atoms with Crippen molar-refractivity contribution in [2.75, 3.05) is 13.7 Å². The number of rotatable bonds is 5. The summed E-state index contributed by atoms with van der Waals surface area (Å²) < 4.78 is 15.0.